The molecule has 0 saturated carbocycles. The number of pyridine rings is 1. The van der Waals surface area contributed by atoms with Crippen LogP contribution in [-0.2, 0) is 16.2 Å². The van der Waals surface area contributed by atoms with Gasteiger partial charge in [0, 0.05) is 22.9 Å². The van der Waals surface area contributed by atoms with Crippen molar-refractivity contribution < 1.29 is 5.11 Å². The fourth-order valence-corrected chi connectivity index (χ4v) is 9.87. The fourth-order valence-electron chi connectivity index (χ4n) is 9.87. The highest BCUT2D eigenvalue weighted by atomic mass is 16.3. The second kappa shape index (κ2) is 18.6. The number of phenolic OH excluding ortho intramolecular Hbond substituents is 1. The number of fused-ring (bicyclic) bond motifs is 1. The molecule has 0 aliphatic carbocycles. The molecule has 0 radical (unpaired) electrons. The molecule has 0 spiro atoms. The van der Waals surface area contributed by atoms with Crippen LogP contribution in [-0.4, -0.2) is 19.6 Å². The third-order valence-corrected chi connectivity index (χ3v) is 14.4. The van der Waals surface area contributed by atoms with Gasteiger partial charge in [-0.15, -0.1) is 0 Å². The first kappa shape index (κ1) is 49.0. The van der Waals surface area contributed by atoms with E-state index in [-0.39, 0.29) is 33.8 Å². The second-order valence-corrected chi connectivity index (χ2v) is 23.4. The molecule has 9 aromatic rings. The van der Waals surface area contributed by atoms with E-state index in [1.54, 1.807) is 0 Å². The Kier molecular flexibility index (Phi) is 12.8. The topological polar surface area (TPSA) is 50.9 Å². The van der Waals surface area contributed by atoms with Gasteiger partial charge < -0.3 is 5.11 Å². The van der Waals surface area contributed by atoms with Crippen LogP contribution < -0.4 is 0 Å². The smallest absolute Gasteiger partial charge is 0.149 e. The van der Waals surface area contributed by atoms with E-state index in [1.165, 1.54) is 22.3 Å². The summed E-state index contributed by atoms with van der Waals surface area (Å²) in [5.74, 6) is 1.29. The predicted octanol–water partition coefficient (Wildman–Crippen LogP) is 18.6. The van der Waals surface area contributed by atoms with Gasteiger partial charge in [0.2, 0.25) is 0 Å². The summed E-state index contributed by atoms with van der Waals surface area (Å²) in [6.45, 7) is 31.3. The van der Waals surface area contributed by atoms with Crippen LogP contribution in [0.2, 0.25) is 0 Å². The van der Waals surface area contributed by atoms with Gasteiger partial charge in [-0.2, -0.15) is 0 Å². The van der Waals surface area contributed by atoms with Gasteiger partial charge in [0.1, 0.15) is 11.6 Å². The maximum Gasteiger partial charge on any atom is 0.149 e. The maximum absolute atomic E-state index is 12.6. The number of rotatable bonds is 9. The molecule has 71 heavy (non-hydrogen) atoms. The molecule has 4 nitrogen and oxygen atoms in total. The number of phenols is 1. The molecule has 9 rings (SSSR count). The van der Waals surface area contributed by atoms with E-state index in [2.05, 4.69) is 253 Å². The predicted molar refractivity (Wildman–Crippen MR) is 302 cm³/mol. The molecular weight excluding hydrogens is 863 g/mol. The Morgan fingerprint density at radius 3 is 1.68 bits per heavy atom. The minimum Gasteiger partial charge on any atom is -0.507 e. The highest BCUT2D eigenvalue weighted by molar-refractivity contribution is 5.98. The highest BCUT2D eigenvalue weighted by Gasteiger charge is 2.27. The van der Waals surface area contributed by atoms with Crippen LogP contribution in [0, 0.1) is 6.92 Å². The van der Waals surface area contributed by atoms with E-state index in [0.29, 0.717) is 5.82 Å². The molecule has 0 aliphatic heterocycles. The lowest BCUT2D eigenvalue weighted by Gasteiger charge is -2.22. The largest absolute Gasteiger partial charge is 0.507 e. The standard InChI is InChI=1S/C67H71N3O/c1-41(2)48-37-55(42(3)4)63(71)58(38-48)64-69-62-54(49-34-50(36-53(35-49)67(12,13)14)59-39-47(31-32-68-59)44-23-27-51(28-24-44)65(6,7)8)21-18-22-60(62)70(64)61-40-56(45-19-16-15-17-20-45)43(5)33-57(61)46-25-29-52(30-26-46)66(9,10)11/h15-42,71H,1-14H3. The summed E-state index contributed by atoms with van der Waals surface area (Å²) in [7, 11) is 0. The molecule has 0 atom stereocenters. The van der Waals surface area contributed by atoms with Gasteiger partial charge in [-0.25, -0.2) is 4.98 Å². The zero-order valence-corrected chi connectivity index (χ0v) is 44.5. The van der Waals surface area contributed by atoms with Crippen molar-refractivity contribution in [3.63, 3.8) is 0 Å². The number of hydrogen-bond acceptors (Lipinski definition) is 3. The van der Waals surface area contributed by atoms with Gasteiger partial charge in [-0.3, -0.25) is 9.55 Å². The van der Waals surface area contributed by atoms with E-state index in [9.17, 15) is 5.11 Å². The average molecular weight is 934 g/mol. The minimum absolute atomic E-state index is 0.00698. The minimum atomic E-state index is -0.160. The van der Waals surface area contributed by atoms with Crippen LogP contribution in [0.3, 0.4) is 0 Å². The molecule has 360 valence electrons. The molecule has 7 aromatic carbocycles. The Balaban J connectivity index is 1.34. The van der Waals surface area contributed by atoms with Crippen LogP contribution >= 0.6 is 0 Å². The van der Waals surface area contributed by atoms with E-state index in [1.807, 2.05) is 6.20 Å². The lowest BCUT2D eigenvalue weighted by atomic mass is 9.83. The van der Waals surface area contributed by atoms with Crippen molar-refractivity contribution in [1.82, 2.24) is 14.5 Å². The Labute approximate surface area is 423 Å². The Morgan fingerprint density at radius 2 is 1.07 bits per heavy atom. The monoisotopic (exact) mass is 934 g/mol. The Morgan fingerprint density at radius 1 is 0.465 bits per heavy atom. The van der Waals surface area contributed by atoms with Gasteiger partial charge in [0.25, 0.3) is 0 Å². The summed E-state index contributed by atoms with van der Waals surface area (Å²) in [4.78, 5) is 10.8. The van der Waals surface area contributed by atoms with Gasteiger partial charge in [0.15, 0.2) is 0 Å². The molecular formula is C67H71N3O. The highest BCUT2D eigenvalue weighted by Crippen LogP contribution is 2.46. The number of imidazole rings is 1. The number of para-hydroxylation sites is 1. The molecule has 0 amide bonds. The SMILES string of the molecule is Cc1cc(-c2ccc(C(C)(C)C)cc2)c(-n2c(-c3cc(C(C)C)cc(C(C)C)c3O)nc3c(-c4cc(-c5cc(-c6ccc(C(C)(C)C)cc6)ccn5)cc(C(C)(C)C)c4)cccc32)cc1-c1ccccc1. The summed E-state index contributed by atoms with van der Waals surface area (Å²) in [6.07, 6.45) is 1.93. The summed E-state index contributed by atoms with van der Waals surface area (Å²) < 4.78 is 2.32. The third kappa shape index (κ3) is 9.74. The van der Waals surface area contributed by atoms with Crippen molar-refractivity contribution in [3.8, 4) is 78.6 Å². The van der Waals surface area contributed by atoms with E-state index in [0.717, 1.165) is 89.2 Å². The molecule has 0 bridgehead atoms. The fraction of sp³-hybridized carbons (Fsp3) is 0.284. The van der Waals surface area contributed by atoms with E-state index < -0.39 is 0 Å². The molecule has 0 fully saturated rings. The van der Waals surface area contributed by atoms with Crippen molar-refractivity contribution in [2.75, 3.05) is 0 Å². The van der Waals surface area contributed by atoms with Gasteiger partial charge in [-0.1, -0.05) is 193 Å². The molecule has 0 saturated heterocycles. The van der Waals surface area contributed by atoms with E-state index >= 15 is 0 Å². The van der Waals surface area contributed by atoms with Crippen LogP contribution in [0.15, 0.2) is 158 Å². The Hall–Kier alpha value is -7.04. The average Bonchev–Trinajstić information content (AvgIpc) is 3.72. The quantitative estimate of drug-likeness (QED) is 0.157. The number of hydrogen-bond donors (Lipinski definition) is 1. The number of benzene rings is 7. The van der Waals surface area contributed by atoms with Crippen molar-refractivity contribution in [2.24, 2.45) is 0 Å². The molecule has 1 N–H and O–H groups in total. The Bertz CT molecular complexity index is 3400. The van der Waals surface area contributed by atoms with Crippen molar-refractivity contribution in [3.05, 3.63) is 191 Å². The third-order valence-electron chi connectivity index (χ3n) is 14.4. The molecule has 0 aliphatic rings. The number of nitrogens with zero attached hydrogens (tertiary/aromatic N) is 3. The molecule has 2 aromatic heterocycles. The van der Waals surface area contributed by atoms with Gasteiger partial charge >= 0.3 is 0 Å². The van der Waals surface area contributed by atoms with Crippen molar-refractivity contribution in [2.45, 2.75) is 125 Å². The molecule has 0 unspecified atom stereocenters. The summed E-state index contributed by atoms with van der Waals surface area (Å²) >= 11 is 0. The molecule has 4 heteroatoms. The van der Waals surface area contributed by atoms with Crippen molar-refractivity contribution in [1.29, 1.82) is 0 Å². The normalized spacial score (nSPS) is 12.4. The zero-order valence-electron chi connectivity index (χ0n) is 44.5. The van der Waals surface area contributed by atoms with Crippen LogP contribution in [0.1, 0.15) is 135 Å². The summed E-state index contributed by atoms with van der Waals surface area (Å²) in [5.41, 5.74) is 21.3. The lowest BCUT2D eigenvalue weighted by Crippen LogP contribution is -2.11. The zero-order chi connectivity index (χ0) is 50.7. The van der Waals surface area contributed by atoms with Gasteiger partial charge in [0.05, 0.1) is 28.0 Å². The van der Waals surface area contributed by atoms with Crippen LogP contribution in [0.5, 0.6) is 5.75 Å². The van der Waals surface area contributed by atoms with Crippen LogP contribution in [0.4, 0.5) is 0 Å². The number of aromatic hydroxyl groups is 1. The van der Waals surface area contributed by atoms with Crippen LogP contribution in [0.25, 0.3) is 83.9 Å². The number of aryl methyl sites for hydroxylation is 1. The maximum atomic E-state index is 12.6. The first-order valence-electron chi connectivity index (χ1n) is 25.5. The first-order chi connectivity index (χ1) is 33.6. The number of aromatic nitrogens is 3. The summed E-state index contributed by atoms with van der Waals surface area (Å²) in [5, 5.41) is 12.6. The first-order valence-corrected chi connectivity index (χ1v) is 25.5. The molecule has 2 heterocycles. The van der Waals surface area contributed by atoms with E-state index in [4.69, 9.17) is 9.97 Å². The van der Waals surface area contributed by atoms with Crippen molar-refractivity contribution >= 4 is 11.0 Å². The lowest BCUT2D eigenvalue weighted by molar-refractivity contribution is 0.466. The summed E-state index contributed by atoms with van der Waals surface area (Å²) in [6, 6.07) is 55.5. The second-order valence-electron chi connectivity index (χ2n) is 23.4. The van der Waals surface area contributed by atoms with Gasteiger partial charge in [-0.05, 0) is 150 Å².